The van der Waals surface area contributed by atoms with Gasteiger partial charge in [0, 0.05) is 12.0 Å². The molecule has 0 radical (unpaired) electrons. The lowest BCUT2D eigenvalue weighted by atomic mass is 10.1. The molecule has 0 saturated heterocycles. The van der Waals surface area contributed by atoms with E-state index in [-0.39, 0.29) is 0 Å². The van der Waals surface area contributed by atoms with E-state index in [9.17, 15) is 0 Å². The molecule has 2 aromatic carbocycles. The lowest BCUT2D eigenvalue weighted by Gasteiger charge is -2.03. The van der Waals surface area contributed by atoms with Gasteiger partial charge in [0.05, 0.1) is 0 Å². The van der Waals surface area contributed by atoms with E-state index in [1.807, 2.05) is 42.5 Å². The molecule has 0 bridgehead atoms. The average Bonchev–Trinajstić information content (AvgIpc) is 2.50. The Hall–Kier alpha value is -2.46. The number of allylic oxidation sites excluding steroid dienone is 1. The molecule has 0 aliphatic rings. The van der Waals surface area contributed by atoms with Crippen LogP contribution in [0.3, 0.4) is 0 Å². The van der Waals surface area contributed by atoms with Gasteiger partial charge in [0.2, 0.25) is 0 Å². The molecule has 0 N–H and O–H groups in total. The number of hydrogen-bond acceptors (Lipinski definition) is 1. The number of ether oxygens (including phenoxy) is 1. The van der Waals surface area contributed by atoms with E-state index in [1.54, 1.807) is 0 Å². The highest BCUT2D eigenvalue weighted by atomic mass is 16.5. The minimum Gasteiger partial charge on any atom is -0.490 e. The van der Waals surface area contributed by atoms with Crippen molar-refractivity contribution >= 4 is 0 Å². The maximum Gasteiger partial charge on any atom is 0.119 e. The van der Waals surface area contributed by atoms with Crippen LogP contribution >= 0.6 is 0 Å². The zero-order valence-corrected chi connectivity index (χ0v) is 12.6. The zero-order chi connectivity index (χ0) is 14.9. The standard InChI is InChI=1S/C20H20O/c1-17(2)15-16-21-20-13-11-19(12-14-20)10-6-9-18-7-4-3-5-8-18/h3-5,7-8,11-15H,9,16H2,1-2H3. The van der Waals surface area contributed by atoms with Gasteiger partial charge in [0.25, 0.3) is 0 Å². The number of rotatable bonds is 4. The van der Waals surface area contributed by atoms with Crippen LogP contribution in [0.2, 0.25) is 0 Å². The molecule has 0 saturated carbocycles. The number of benzene rings is 2. The first kappa shape index (κ1) is 14.9. The summed E-state index contributed by atoms with van der Waals surface area (Å²) in [4.78, 5) is 0. The van der Waals surface area contributed by atoms with E-state index in [4.69, 9.17) is 4.74 Å². The minimum absolute atomic E-state index is 0.612. The van der Waals surface area contributed by atoms with Crippen molar-refractivity contribution < 1.29 is 4.74 Å². The summed E-state index contributed by atoms with van der Waals surface area (Å²) in [7, 11) is 0. The van der Waals surface area contributed by atoms with Gasteiger partial charge in [-0.1, -0.05) is 47.7 Å². The van der Waals surface area contributed by atoms with Crippen LogP contribution in [0.15, 0.2) is 66.2 Å². The third-order valence-electron chi connectivity index (χ3n) is 2.96. The summed E-state index contributed by atoms with van der Waals surface area (Å²) >= 11 is 0. The molecule has 0 aliphatic heterocycles. The fourth-order valence-corrected chi connectivity index (χ4v) is 1.78. The van der Waals surface area contributed by atoms with Crippen LogP contribution in [-0.4, -0.2) is 6.61 Å². The monoisotopic (exact) mass is 276 g/mol. The maximum atomic E-state index is 5.62. The second-order valence-electron chi connectivity index (χ2n) is 5.08. The Kier molecular flexibility index (Phi) is 5.67. The Morgan fingerprint density at radius 1 is 1.00 bits per heavy atom. The molecule has 106 valence electrons. The summed E-state index contributed by atoms with van der Waals surface area (Å²) < 4.78 is 5.62. The molecule has 0 heterocycles. The second kappa shape index (κ2) is 7.97. The van der Waals surface area contributed by atoms with E-state index in [0.29, 0.717) is 6.61 Å². The molecule has 0 unspecified atom stereocenters. The zero-order valence-electron chi connectivity index (χ0n) is 12.6. The van der Waals surface area contributed by atoms with Crippen LogP contribution in [0.25, 0.3) is 0 Å². The predicted octanol–water partition coefficient (Wildman–Crippen LogP) is 4.63. The van der Waals surface area contributed by atoms with Gasteiger partial charge in [-0.25, -0.2) is 0 Å². The van der Waals surface area contributed by atoms with Gasteiger partial charge in [0.1, 0.15) is 12.4 Å². The van der Waals surface area contributed by atoms with Crippen molar-refractivity contribution in [3.63, 3.8) is 0 Å². The van der Waals surface area contributed by atoms with Crippen LogP contribution < -0.4 is 4.74 Å². The first-order chi connectivity index (χ1) is 10.2. The summed E-state index contributed by atoms with van der Waals surface area (Å²) in [5.74, 6) is 7.25. The van der Waals surface area contributed by atoms with E-state index in [1.165, 1.54) is 11.1 Å². The third-order valence-corrected chi connectivity index (χ3v) is 2.96. The summed E-state index contributed by atoms with van der Waals surface area (Å²) in [6.45, 7) is 4.74. The third kappa shape index (κ3) is 5.58. The topological polar surface area (TPSA) is 9.23 Å². The van der Waals surface area contributed by atoms with Crippen molar-refractivity contribution in [2.24, 2.45) is 0 Å². The van der Waals surface area contributed by atoms with E-state index in [0.717, 1.165) is 17.7 Å². The van der Waals surface area contributed by atoms with Gasteiger partial charge in [-0.15, -0.1) is 0 Å². The fourth-order valence-electron chi connectivity index (χ4n) is 1.78. The molecule has 1 heteroatoms. The van der Waals surface area contributed by atoms with Crippen molar-refractivity contribution in [2.75, 3.05) is 6.61 Å². The normalized spacial score (nSPS) is 9.43. The lowest BCUT2D eigenvalue weighted by molar-refractivity contribution is 0.362. The molecule has 0 aromatic heterocycles. The molecular weight excluding hydrogens is 256 g/mol. The first-order valence-corrected chi connectivity index (χ1v) is 7.13. The molecule has 2 aromatic rings. The fraction of sp³-hybridized carbons (Fsp3) is 0.200. The van der Waals surface area contributed by atoms with Crippen molar-refractivity contribution in [1.82, 2.24) is 0 Å². The van der Waals surface area contributed by atoms with Crippen molar-refractivity contribution in [1.29, 1.82) is 0 Å². The molecule has 0 spiro atoms. The highest BCUT2D eigenvalue weighted by Crippen LogP contribution is 2.11. The molecular formula is C20H20O. The largest absolute Gasteiger partial charge is 0.490 e. The minimum atomic E-state index is 0.612. The van der Waals surface area contributed by atoms with Gasteiger partial charge in [-0.3, -0.25) is 0 Å². The van der Waals surface area contributed by atoms with Crippen LogP contribution in [0, 0.1) is 11.8 Å². The van der Waals surface area contributed by atoms with Crippen molar-refractivity contribution in [3.05, 3.63) is 77.4 Å². The smallest absolute Gasteiger partial charge is 0.119 e. The molecule has 0 atom stereocenters. The van der Waals surface area contributed by atoms with Crippen molar-refractivity contribution in [3.8, 4) is 17.6 Å². The van der Waals surface area contributed by atoms with Gasteiger partial charge >= 0.3 is 0 Å². The molecule has 0 aliphatic carbocycles. The molecule has 0 fully saturated rings. The second-order valence-corrected chi connectivity index (χ2v) is 5.08. The van der Waals surface area contributed by atoms with E-state index < -0.39 is 0 Å². The van der Waals surface area contributed by atoms with Gasteiger partial charge in [0.15, 0.2) is 0 Å². The Balaban J connectivity index is 1.89. The summed E-state index contributed by atoms with van der Waals surface area (Å²) in [6, 6.07) is 18.2. The summed E-state index contributed by atoms with van der Waals surface area (Å²) in [5, 5.41) is 0. The van der Waals surface area contributed by atoms with Gasteiger partial charge in [-0.2, -0.15) is 0 Å². The molecule has 1 nitrogen and oxygen atoms in total. The highest BCUT2D eigenvalue weighted by molar-refractivity contribution is 5.39. The number of hydrogen-bond donors (Lipinski definition) is 0. The Bertz CT molecular complexity index is 636. The van der Waals surface area contributed by atoms with Crippen LogP contribution in [0.4, 0.5) is 0 Å². The summed E-state index contributed by atoms with van der Waals surface area (Å²) in [6.07, 6.45) is 2.84. The quantitative estimate of drug-likeness (QED) is 0.584. The van der Waals surface area contributed by atoms with Crippen LogP contribution in [0.5, 0.6) is 5.75 Å². The Morgan fingerprint density at radius 2 is 1.71 bits per heavy atom. The predicted molar refractivity (Wildman–Crippen MR) is 88.4 cm³/mol. The lowest BCUT2D eigenvalue weighted by Crippen LogP contribution is -1.93. The highest BCUT2D eigenvalue weighted by Gasteiger charge is 1.92. The molecule has 0 amide bonds. The molecule has 21 heavy (non-hydrogen) atoms. The van der Waals surface area contributed by atoms with Crippen molar-refractivity contribution in [2.45, 2.75) is 20.3 Å². The SMILES string of the molecule is CC(C)=CCOc1ccc(C#CCc2ccccc2)cc1. The van der Waals surface area contributed by atoms with Crippen LogP contribution in [0.1, 0.15) is 25.0 Å². The maximum absolute atomic E-state index is 5.62. The average molecular weight is 276 g/mol. The Labute approximate surface area is 127 Å². The van der Waals surface area contributed by atoms with E-state index in [2.05, 4.69) is 43.9 Å². The van der Waals surface area contributed by atoms with E-state index >= 15 is 0 Å². The van der Waals surface area contributed by atoms with Gasteiger partial charge in [-0.05, 0) is 49.8 Å². The summed E-state index contributed by atoms with van der Waals surface area (Å²) in [5.41, 5.74) is 3.52. The molecule has 2 rings (SSSR count). The Morgan fingerprint density at radius 3 is 2.38 bits per heavy atom. The van der Waals surface area contributed by atoms with Crippen LogP contribution in [-0.2, 0) is 6.42 Å². The van der Waals surface area contributed by atoms with Gasteiger partial charge < -0.3 is 4.74 Å². The first-order valence-electron chi connectivity index (χ1n) is 7.13.